The summed E-state index contributed by atoms with van der Waals surface area (Å²) in [6, 6.07) is 11.5. The largest absolute Gasteiger partial charge is 0.313 e. The van der Waals surface area contributed by atoms with Gasteiger partial charge >= 0.3 is 0 Å². The monoisotopic (exact) mass is 232 g/mol. The van der Waals surface area contributed by atoms with E-state index in [1.54, 1.807) is 0 Å². The van der Waals surface area contributed by atoms with Crippen molar-refractivity contribution in [1.82, 2.24) is 10.2 Å². The summed E-state index contributed by atoms with van der Waals surface area (Å²) in [4.78, 5) is 2.40. The summed E-state index contributed by atoms with van der Waals surface area (Å²) in [5, 5.41) is 3.66. The van der Waals surface area contributed by atoms with E-state index >= 15 is 0 Å². The van der Waals surface area contributed by atoms with Crippen LogP contribution in [0.4, 0.5) is 0 Å². The van der Waals surface area contributed by atoms with E-state index in [4.69, 9.17) is 0 Å². The number of aryl methyl sites for hydroxylation is 1. The van der Waals surface area contributed by atoms with Gasteiger partial charge in [0.25, 0.3) is 0 Å². The molecule has 0 aromatic heterocycles. The lowest BCUT2D eigenvalue weighted by Crippen LogP contribution is -2.32. The molecular formula is C15H24N2. The molecule has 1 aliphatic rings. The van der Waals surface area contributed by atoms with Crippen LogP contribution in [0.5, 0.6) is 0 Å². The predicted octanol–water partition coefficient (Wildman–Crippen LogP) is 2.30. The van der Waals surface area contributed by atoms with Crippen molar-refractivity contribution in [3.05, 3.63) is 35.9 Å². The van der Waals surface area contributed by atoms with Gasteiger partial charge in [-0.15, -0.1) is 0 Å². The molecule has 1 fully saturated rings. The highest BCUT2D eigenvalue weighted by molar-refractivity contribution is 5.14. The molecule has 1 heterocycles. The van der Waals surface area contributed by atoms with E-state index < -0.39 is 0 Å². The van der Waals surface area contributed by atoms with Crippen LogP contribution < -0.4 is 5.32 Å². The van der Waals surface area contributed by atoms with Crippen LogP contribution in [0.3, 0.4) is 0 Å². The van der Waals surface area contributed by atoms with Crippen molar-refractivity contribution in [2.24, 2.45) is 0 Å². The Morgan fingerprint density at radius 2 is 2.06 bits per heavy atom. The van der Waals surface area contributed by atoms with E-state index in [2.05, 4.69) is 47.6 Å². The van der Waals surface area contributed by atoms with Crippen LogP contribution in [-0.2, 0) is 6.42 Å². The van der Waals surface area contributed by atoms with E-state index in [0.29, 0.717) is 0 Å². The Balaban J connectivity index is 1.52. The molecule has 1 aromatic rings. The molecule has 94 valence electrons. The van der Waals surface area contributed by atoms with Crippen LogP contribution >= 0.6 is 0 Å². The fraction of sp³-hybridized carbons (Fsp3) is 0.600. The maximum absolute atomic E-state index is 3.66. The van der Waals surface area contributed by atoms with E-state index in [1.807, 2.05) is 0 Å². The van der Waals surface area contributed by atoms with E-state index in [0.717, 1.165) is 6.04 Å². The smallest absolute Gasteiger partial charge is 0.0207 e. The zero-order chi connectivity index (χ0) is 11.9. The van der Waals surface area contributed by atoms with Crippen molar-refractivity contribution in [3.63, 3.8) is 0 Å². The Morgan fingerprint density at radius 1 is 1.24 bits per heavy atom. The molecule has 2 heteroatoms. The number of benzene rings is 1. The molecule has 2 rings (SSSR count). The van der Waals surface area contributed by atoms with Crippen molar-refractivity contribution in [1.29, 1.82) is 0 Å². The van der Waals surface area contributed by atoms with Crippen LogP contribution in [0, 0.1) is 0 Å². The van der Waals surface area contributed by atoms with Gasteiger partial charge in [-0.25, -0.2) is 0 Å². The molecule has 0 saturated carbocycles. The van der Waals surface area contributed by atoms with Gasteiger partial charge in [-0.1, -0.05) is 30.3 Å². The minimum atomic E-state index is 0.733. The Kier molecular flexibility index (Phi) is 5.02. The van der Waals surface area contributed by atoms with Crippen molar-refractivity contribution in [2.75, 3.05) is 26.7 Å². The van der Waals surface area contributed by atoms with Crippen molar-refractivity contribution in [2.45, 2.75) is 31.7 Å². The van der Waals surface area contributed by atoms with Gasteiger partial charge < -0.3 is 10.2 Å². The highest BCUT2D eigenvalue weighted by Gasteiger charge is 2.17. The number of likely N-dealkylation sites (N-methyl/N-ethyl adjacent to an activating group) is 1. The fourth-order valence-corrected chi connectivity index (χ4v) is 2.51. The summed E-state index contributed by atoms with van der Waals surface area (Å²) in [6.45, 7) is 3.64. The quantitative estimate of drug-likeness (QED) is 0.757. The third kappa shape index (κ3) is 4.49. The van der Waals surface area contributed by atoms with Gasteiger partial charge in [0, 0.05) is 12.6 Å². The standard InChI is InChI=1S/C15H24N2/c1-17-12-10-15(13-17)16-11-6-5-9-14-7-3-2-4-8-14/h2-4,7-8,15-16H,5-6,9-13H2,1H3. The molecule has 0 amide bonds. The Labute approximate surface area is 105 Å². The fourth-order valence-electron chi connectivity index (χ4n) is 2.51. The molecule has 1 aliphatic heterocycles. The lowest BCUT2D eigenvalue weighted by atomic mass is 10.1. The minimum absolute atomic E-state index is 0.733. The average Bonchev–Trinajstić information content (AvgIpc) is 2.76. The lowest BCUT2D eigenvalue weighted by Gasteiger charge is -2.12. The number of nitrogens with one attached hydrogen (secondary N) is 1. The normalized spacial score (nSPS) is 20.9. The summed E-state index contributed by atoms with van der Waals surface area (Å²) in [5.74, 6) is 0. The molecule has 0 spiro atoms. The third-order valence-corrected chi connectivity index (χ3v) is 3.56. The van der Waals surface area contributed by atoms with Gasteiger partial charge in [0.2, 0.25) is 0 Å². The molecular weight excluding hydrogens is 208 g/mol. The van der Waals surface area contributed by atoms with Gasteiger partial charge in [0.15, 0.2) is 0 Å². The predicted molar refractivity (Wildman–Crippen MR) is 73.3 cm³/mol. The molecule has 2 nitrogen and oxygen atoms in total. The Hall–Kier alpha value is -0.860. The zero-order valence-electron chi connectivity index (χ0n) is 10.9. The summed E-state index contributed by atoms with van der Waals surface area (Å²) in [5.41, 5.74) is 1.47. The van der Waals surface area contributed by atoms with E-state index in [1.165, 1.54) is 50.9 Å². The molecule has 1 unspecified atom stereocenters. The summed E-state index contributed by atoms with van der Waals surface area (Å²) >= 11 is 0. The van der Waals surface area contributed by atoms with E-state index in [-0.39, 0.29) is 0 Å². The summed E-state index contributed by atoms with van der Waals surface area (Å²) in [6.07, 6.45) is 5.11. The van der Waals surface area contributed by atoms with E-state index in [9.17, 15) is 0 Å². The molecule has 1 aromatic carbocycles. The maximum atomic E-state index is 3.66. The van der Waals surface area contributed by atoms with Crippen molar-refractivity contribution in [3.8, 4) is 0 Å². The van der Waals surface area contributed by atoms with Crippen LogP contribution in [0.2, 0.25) is 0 Å². The Morgan fingerprint density at radius 3 is 2.76 bits per heavy atom. The molecule has 17 heavy (non-hydrogen) atoms. The lowest BCUT2D eigenvalue weighted by molar-refractivity contribution is 0.397. The maximum Gasteiger partial charge on any atom is 0.0207 e. The van der Waals surface area contributed by atoms with Crippen molar-refractivity contribution >= 4 is 0 Å². The molecule has 0 aliphatic carbocycles. The van der Waals surface area contributed by atoms with Gasteiger partial charge in [-0.05, 0) is 51.4 Å². The summed E-state index contributed by atoms with van der Waals surface area (Å²) < 4.78 is 0. The van der Waals surface area contributed by atoms with Crippen molar-refractivity contribution < 1.29 is 0 Å². The molecule has 1 N–H and O–H groups in total. The Bertz CT molecular complexity index is 310. The molecule has 0 bridgehead atoms. The van der Waals surface area contributed by atoms with Crippen LogP contribution in [0.15, 0.2) is 30.3 Å². The van der Waals surface area contributed by atoms with Gasteiger partial charge in [0.05, 0.1) is 0 Å². The topological polar surface area (TPSA) is 15.3 Å². The first-order chi connectivity index (χ1) is 8.34. The number of nitrogens with zero attached hydrogens (tertiary/aromatic N) is 1. The minimum Gasteiger partial charge on any atom is -0.313 e. The number of unbranched alkanes of at least 4 members (excludes halogenated alkanes) is 1. The first-order valence-electron chi connectivity index (χ1n) is 6.80. The molecule has 1 atom stereocenters. The number of hydrogen-bond donors (Lipinski definition) is 1. The SMILES string of the molecule is CN1CCC(NCCCCc2ccccc2)C1. The highest BCUT2D eigenvalue weighted by Crippen LogP contribution is 2.07. The molecule has 0 radical (unpaired) electrons. The molecule has 1 saturated heterocycles. The number of likely N-dealkylation sites (tertiary alicyclic amines) is 1. The van der Waals surface area contributed by atoms with Crippen LogP contribution in [-0.4, -0.2) is 37.6 Å². The average molecular weight is 232 g/mol. The second-order valence-electron chi connectivity index (χ2n) is 5.14. The zero-order valence-corrected chi connectivity index (χ0v) is 10.9. The first-order valence-corrected chi connectivity index (χ1v) is 6.80. The van der Waals surface area contributed by atoms with Gasteiger partial charge in [0.1, 0.15) is 0 Å². The summed E-state index contributed by atoms with van der Waals surface area (Å²) in [7, 11) is 2.21. The second kappa shape index (κ2) is 6.77. The van der Waals surface area contributed by atoms with Crippen LogP contribution in [0.1, 0.15) is 24.8 Å². The van der Waals surface area contributed by atoms with Gasteiger partial charge in [-0.3, -0.25) is 0 Å². The highest BCUT2D eigenvalue weighted by atomic mass is 15.2. The number of rotatable bonds is 6. The van der Waals surface area contributed by atoms with Crippen LogP contribution in [0.25, 0.3) is 0 Å². The second-order valence-corrected chi connectivity index (χ2v) is 5.14. The van der Waals surface area contributed by atoms with Gasteiger partial charge in [-0.2, -0.15) is 0 Å². The third-order valence-electron chi connectivity index (χ3n) is 3.56. The first kappa shape index (κ1) is 12.6. The number of hydrogen-bond acceptors (Lipinski definition) is 2.